The van der Waals surface area contributed by atoms with Crippen molar-refractivity contribution in [3.8, 4) is 0 Å². The highest BCUT2D eigenvalue weighted by Crippen LogP contribution is 2.24. The van der Waals surface area contributed by atoms with Crippen LogP contribution in [0.15, 0.2) is 36.4 Å². The van der Waals surface area contributed by atoms with Gasteiger partial charge in [-0.3, -0.25) is 4.79 Å². The first-order chi connectivity index (χ1) is 12.5. The zero-order chi connectivity index (χ0) is 18.7. The number of anilines is 3. The lowest BCUT2D eigenvalue weighted by molar-refractivity contribution is 0.102. The fourth-order valence-electron chi connectivity index (χ4n) is 3.18. The number of nitrogens with two attached hydrogens (primary N) is 1. The first-order valence-corrected chi connectivity index (χ1v) is 8.92. The van der Waals surface area contributed by atoms with Crippen LogP contribution in [0.5, 0.6) is 0 Å². The van der Waals surface area contributed by atoms with Crippen molar-refractivity contribution in [1.82, 2.24) is 4.90 Å². The van der Waals surface area contributed by atoms with E-state index in [1.54, 1.807) is 24.3 Å². The fourth-order valence-corrected chi connectivity index (χ4v) is 3.18. The van der Waals surface area contributed by atoms with E-state index >= 15 is 0 Å². The number of aryl methyl sites for hydroxylation is 1. The van der Waals surface area contributed by atoms with E-state index in [4.69, 9.17) is 5.73 Å². The molecule has 0 saturated carbocycles. The van der Waals surface area contributed by atoms with E-state index < -0.39 is 0 Å². The highest BCUT2D eigenvalue weighted by atomic mass is 35.5. The van der Waals surface area contributed by atoms with E-state index in [1.165, 1.54) is 6.07 Å². The minimum atomic E-state index is -0.369. The van der Waals surface area contributed by atoms with Crippen LogP contribution in [0.2, 0.25) is 0 Å². The molecular weight excluding hydrogens is 402 g/mol. The number of nitrogen functional groups attached to an aromatic ring is 1. The van der Waals surface area contributed by atoms with Crippen molar-refractivity contribution >= 4 is 47.8 Å². The number of nitrogens with one attached hydrogen (secondary N) is 1. The zero-order valence-electron chi connectivity index (χ0n) is 16.1. The Labute approximate surface area is 177 Å². The molecule has 0 spiro atoms. The second-order valence-corrected chi connectivity index (χ2v) is 6.62. The molecule has 0 aromatic heterocycles. The van der Waals surface area contributed by atoms with Gasteiger partial charge in [0, 0.05) is 43.1 Å². The zero-order valence-corrected chi connectivity index (χ0v) is 17.7. The van der Waals surface area contributed by atoms with Crippen LogP contribution >= 0.6 is 24.8 Å². The number of nitrogens with zero attached hydrogens (tertiary/aromatic N) is 2. The Kier molecular flexibility index (Phi) is 9.01. The van der Waals surface area contributed by atoms with Gasteiger partial charge in [0.2, 0.25) is 0 Å². The molecular formula is C20H27Cl2FN4O. The summed E-state index contributed by atoms with van der Waals surface area (Å²) in [6.07, 6.45) is 0. The SMILES string of the molecule is CCN1CCN(c2ccc(C(=O)Nc3cc(N)ccc3C)cc2F)CC1.Cl.Cl. The number of hydrogen-bond acceptors (Lipinski definition) is 4. The molecule has 8 heteroatoms. The number of carbonyl (C=O) groups is 1. The minimum Gasteiger partial charge on any atom is -0.399 e. The summed E-state index contributed by atoms with van der Waals surface area (Å²) in [5.41, 5.74) is 8.72. The standard InChI is InChI=1S/C20H25FN4O.2ClH/c1-3-24-8-10-25(11-9-24)19-7-5-15(12-17(19)21)20(26)23-18-13-16(22)6-4-14(18)2;;/h4-7,12-13H,3,8-11,22H2,1-2H3,(H,23,26);2*1H. The summed E-state index contributed by atoms with van der Waals surface area (Å²) in [6, 6.07) is 9.98. The van der Waals surface area contributed by atoms with Crippen LogP contribution in [0.25, 0.3) is 0 Å². The topological polar surface area (TPSA) is 61.6 Å². The molecule has 1 saturated heterocycles. The first kappa shape index (κ1) is 24.0. The molecule has 3 N–H and O–H groups in total. The summed E-state index contributed by atoms with van der Waals surface area (Å²) in [7, 11) is 0. The van der Waals surface area contributed by atoms with Gasteiger partial charge in [-0.05, 0) is 49.4 Å². The lowest BCUT2D eigenvalue weighted by atomic mass is 10.1. The van der Waals surface area contributed by atoms with Gasteiger partial charge in [-0.25, -0.2) is 4.39 Å². The highest BCUT2D eigenvalue weighted by Gasteiger charge is 2.19. The summed E-state index contributed by atoms with van der Waals surface area (Å²) in [4.78, 5) is 16.8. The molecule has 1 amide bonds. The van der Waals surface area contributed by atoms with Crippen LogP contribution in [0.3, 0.4) is 0 Å². The minimum absolute atomic E-state index is 0. The summed E-state index contributed by atoms with van der Waals surface area (Å²) in [5, 5.41) is 2.80. The highest BCUT2D eigenvalue weighted by molar-refractivity contribution is 6.05. The normalized spacial score (nSPS) is 14.0. The van der Waals surface area contributed by atoms with Gasteiger partial charge in [0.1, 0.15) is 5.82 Å². The van der Waals surface area contributed by atoms with E-state index in [-0.39, 0.29) is 36.5 Å². The quantitative estimate of drug-likeness (QED) is 0.723. The number of rotatable bonds is 4. The number of likely N-dealkylation sites (N-methyl/N-ethyl adjacent to an activating group) is 1. The monoisotopic (exact) mass is 428 g/mol. The molecule has 1 aliphatic heterocycles. The maximum Gasteiger partial charge on any atom is 0.255 e. The molecule has 5 nitrogen and oxygen atoms in total. The van der Waals surface area contributed by atoms with Crippen molar-refractivity contribution in [2.24, 2.45) is 0 Å². The van der Waals surface area contributed by atoms with Gasteiger partial charge < -0.3 is 20.9 Å². The van der Waals surface area contributed by atoms with Crippen LogP contribution in [0.4, 0.5) is 21.5 Å². The Balaban J connectivity index is 0.00000196. The van der Waals surface area contributed by atoms with Crippen molar-refractivity contribution in [3.05, 3.63) is 53.3 Å². The third-order valence-corrected chi connectivity index (χ3v) is 4.88. The Hall–Kier alpha value is -2.02. The Morgan fingerprint density at radius 3 is 2.39 bits per heavy atom. The van der Waals surface area contributed by atoms with Crippen LogP contribution in [-0.4, -0.2) is 43.5 Å². The summed E-state index contributed by atoms with van der Waals surface area (Å²) < 4.78 is 14.6. The lowest BCUT2D eigenvalue weighted by Gasteiger charge is -2.35. The van der Waals surface area contributed by atoms with Crippen molar-refractivity contribution in [2.45, 2.75) is 13.8 Å². The maximum absolute atomic E-state index is 14.6. The Morgan fingerprint density at radius 1 is 1.11 bits per heavy atom. The van der Waals surface area contributed by atoms with Gasteiger partial charge in [-0.2, -0.15) is 0 Å². The predicted molar refractivity (Wildman–Crippen MR) is 119 cm³/mol. The second kappa shape index (κ2) is 10.5. The van der Waals surface area contributed by atoms with Gasteiger partial charge >= 0.3 is 0 Å². The average Bonchev–Trinajstić information content (AvgIpc) is 2.64. The number of piperazine rings is 1. The fraction of sp³-hybridized carbons (Fsp3) is 0.350. The van der Waals surface area contributed by atoms with Crippen LogP contribution in [0.1, 0.15) is 22.8 Å². The number of benzene rings is 2. The van der Waals surface area contributed by atoms with Crippen LogP contribution in [0, 0.1) is 12.7 Å². The molecule has 0 aliphatic carbocycles. The van der Waals surface area contributed by atoms with E-state index in [0.717, 1.165) is 38.3 Å². The molecule has 2 aromatic carbocycles. The predicted octanol–water partition coefficient (Wildman–Crippen LogP) is 3.95. The summed E-state index contributed by atoms with van der Waals surface area (Å²) in [6.45, 7) is 8.45. The van der Waals surface area contributed by atoms with E-state index in [1.807, 2.05) is 17.9 Å². The van der Waals surface area contributed by atoms with Gasteiger partial charge in [-0.1, -0.05) is 13.0 Å². The lowest BCUT2D eigenvalue weighted by Crippen LogP contribution is -2.46. The van der Waals surface area contributed by atoms with Gasteiger partial charge in [0.05, 0.1) is 5.69 Å². The largest absolute Gasteiger partial charge is 0.399 e. The average molecular weight is 429 g/mol. The van der Waals surface area contributed by atoms with Crippen molar-refractivity contribution in [2.75, 3.05) is 48.7 Å². The molecule has 0 unspecified atom stereocenters. The van der Waals surface area contributed by atoms with Gasteiger partial charge in [0.25, 0.3) is 5.91 Å². The molecule has 2 aromatic rings. The first-order valence-electron chi connectivity index (χ1n) is 8.92. The smallest absolute Gasteiger partial charge is 0.255 e. The molecule has 0 bridgehead atoms. The van der Waals surface area contributed by atoms with Gasteiger partial charge in [-0.15, -0.1) is 24.8 Å². The molecule has 28 heavy (non-hydrogen) atoms. The van der Waals surface area contributed by atoms with Crippen molar-refractivity contribution in [3.63, 3.8) is 0 Å². The molecule has 1 aliphatic rings. The summed E-state index contributed by atoms with van der Waals surface area (Å²) in [5.74, 6) is -0.716. The molecule has 154 valence electrons. The van der Waals surface area contributed by atoms with Crippen molar-refractivity contribution in [1.29, 1.82) is 0 Å². The number of amides is 1. The van der Waals surface area contributed by atoms with Crippen LogP contribution < -0.4 is 16.0 Å². The molecule has 0 atom stereocenters. The third-order valence-electron chi connectivity index (χ3n) is 4.88. The Morgan fingerprint density at radius 2 is 1.79 bits per heavy atom. The van der Waals surface area contributed by atoms with Crippen LogP contribution in [-0.2, 0) is 0 Å². The number of halogens is 3. The maximum atomic E-state index is 14.6. The third kappa shape index (κ3) is 5.50. The molecule has 1 fully saturated rings. The van der Waals surface area contributed by atoms with E-state index in [9.17, 15) is 9.18 Å². The van der Waals surface area contributed by atoms with Gasteiger partial charge in [0.15, 0.2) is 0 Å². The Bertz CT molecular complexity index is 811. The van der Waals surface area contributed by atoms with E-state index in [0.29, 0.717) is 22.6 Å². The second-order valence-electron chi connectivity index (χ2n) is 6.62. The number of carbonyl (C=O) groups excluding carboxylic acids is 1. The molecule has 3 rings (SSSR count). The molecule has 0 radical (unpaired) electrons. The molecule has 1 heterocycles. The summed E-state index contributed by atoms with van der Waals surface area (Å²) >= 11 is 0. The van der Waals surface area contributed by atoms with E-state index in [2.05, 4.69) is 17.1 Å². The number of hydrogen-bond donors (Lipinski definition) is 2. The van der Waals surface area contributed by atoms with Crippen molar-refractivity contribution < 1.29 is 9.18 Å².